The van der Waals surface area contributed by atoms with Crippen LogP contribution in [-0.2, 0) is 4.74 Å². The van der Waals surface area contributed by atoms with Crippen molar-refractivity contribution < 1.29 is 4.74 Å². The normalized spacial score (nSPS) is 32.6. The highest BCUT2D eigenvalue weighted by Crippen LogP contribution is 2.10. The number of rotatable bonds is 0. The van der Waals surface area contributed by atoms with E-state index >= 15 is 0 Å². The summed E-state index contributed by atoms with van der Waals surface area (Å²) in [5, 5.41) is 0. The third-order valence-electron chi connectivity index (χ3n) is 1.53. The lowest BCUT2D eigenvalue weighted by atomic mass is 10.1. The van der Waals surface area contributed by atoms with E-state index in [1.807, 2.05) is 0 Å². The summed E-state index contributed by atoms with van der Waals surface area (Å²) >= 11 is 3.03. The molecule has 0 aliphatic carbocycles. The van der Waals surface area contributed by atoms with E-state index in [4.69, 9.17) is 10.5 Å². The molecule has 0 bridgehead atoms. The van der Waals surface area contributed by atoms with E-state index in [2.05, 4.69) is 26.7 Å². The second-order valence-electron chi connectivity index (χ2n) is 2.40. The molecule has 2 unspecified atom stereocenters. The zero-order chi connectivity index (χ0) is 7.40. The van der Waals surface area contributed by atoms with Crippen LogP contribution in [-0.4, -0.2) is 18.8 Å². The monoisotopic (exact) mass is 203 g/mol. The van der Waals surface area contributed by atoms with Crippen molar-refractivity contribution in [3.8, 4) is 10.8 Å². The third-order valence-corrected chi connectivity index (χ3v) is 1.76. The Morgan fingerprint density at radius 3 is 2.80 bits per heavy atom. The van der Waals surface area contributed by atoms with Crippen LogP contribution in [0.3, 0.4) is 0 Å². The molecule has 0 aromatic heterocycles. The van der Waals surface area contributed by atoms with Crippen molar-refractivity contribution in [2.24, 2.45) is 5.73 Å². The largest absolute Gasteiger partial charge is 0.364 e. The summed E-state index contributed by atoms with van der Waals surface area (Å²) in [6, 6.07) is 0.216. The zero-order valence-electron chi connectivity index (χ0n) is 5.64. The fourth-order valence-electron chi connectivity index (χ4n) is 0.947. The van der Waals surface area contributed by atoms with Gasteiger partial charge >= 0.3 is 0 Å². The molecule has 1 heterocycles. The minimum absolute atomic E-state index is 0.0965. The van der Waals surface area contributed by atoms with Gasteiger partial charge in [-0.1, -0.05) is 5.92 Å². The molecule has 0 amide bonds. The van der Waals surface area contributed by atoms with Gasteiger partial charge in [0.25, 0.3) is 0 Å². The summed E-state index contributed by atoms with van der Waals surface area (Å²) in [6.07, 6.45) is 2.07. The van der Waals surface area contributed by atoms with Crippen molar-refractivity contribution >= 4 is 15.9 Å². The molecule has 1 aliphatic heterocycles. The van der Waals surface area contributed by atoms with Gasteiger partial charge in [0.2, 0.25) is 0 Å². The second kappa shape index (κ2) is 3.97. The molecule has 0 aromatic carbocycles. The van der Waals surface area contributed by atoms with Crippen LogP contribution in [0, 0.1) is 10.8 Å². The Morgan fingerprint density at radius 1 is 1.50 bits per heavy atom. The zero-order valence-corrected chi connectivity index (χ0v) is 7.23. The minimum atomic E-state index is 0.0965. The molecule has 1 saturated heterocycles. The van der Waals surface area contributed by atoms with Crippen LogP contribution >= 0.6 is 15.9 Å². The quantitative estimate of drug-likeness (QED) is 0.593. The first-order valence-corrected chi connectivity index (χ1v) is 4.10. The maximum atomic E-state index is 5.61. The van der Waals surface area contributed by atoms with Gasteiger partial charge in [0.1, 0.15) is 6.10 Å². The molecular formula is C7H10BrNO. The maximum Gasteiger partial charge on any atom is 0.119 e. The fraction of sp³-hybridized carbons (Fsp3) is 0.714. The molecule has 2 atom stereocenters. The average Bonchev–Trinajstić information content (AvgIpc) is 1.95. The first kappa shape index (κ1) is 8.06. The smallest absolute Gasteiger partial charge is 0.119 e. The van der Waals surface area contributed by atoms with E-state index in [9.17, 15) is 0 Å². The molecule has 1 aliphatic rings. The predicted octanol–water partition coefficient (Wildman–Crippen LogP) is 0.849. The number of hydrogen-bond acceptors (Lipinski definition) is 2. The highest BCUT2D eigenvalue weighted by Gasteiger charge is 2.16. The highest BCUT2D eigenvalue weighted by atomic mass is 79.9. The Bertz CT molecular complexity index is 153. The molecule has 0 saturated carbocycles. The van der Waals surface area contributed by atoms with Crippen molar-refractivity contribution in [2.45, 2.75) is 25.0 Å². The van der Waals surface area contributed by atoms with Crippen LogP contribution in [0.4, 0.5) is 0 Å². The van der Waals surface area contributed by atoms with Crippen molar-refractivity contribution in [2.75, 3.05) is 6.61 Å². The second-order valence-corrected chi connectivity index (χ2v) is 2.79. The lowest BCUT2D eigenvalue weighted by Gasteiger charge is -2.22. The summed E-state index contributed by atoms with van der Waals surface area (Å²) in [5.41, 5.74) is 5.61. The Labute approximate surface area is 69.2 Å². The SMILES string of the molecule is NC1CCC(C#CBr)OC1. The molecule has 0 radical (unpaired) electrons. The van der Waals surface area contributed by atoms with Crippen molar-refractivity contribution in [1.82, 2.24) is 0 Å². The Hall–Kier alpha value is -0.0400. The Kier molecular flexibility index (Phi) is 3.20. The molecule has 3 heteroatoms. The minimum Gasteiger partial charge on any atom is -0.364 e. The standard InChI is InChI=1S/C7H10BrNO/c8-4-3-7-2-1-6(9)5-10-7/h6-7H,1-2,5,9H2. The van der Waals surface area contributed by atoms with Crippen LogP contribution < -0.4 is 5.73 Å². The first-order valence-electron chi connectivity index (χ1n) is 3.31. The van der Waals surface area contributed by atoms with Gasteiger partial charge < -0.3 is 10.5 Å². The molecule has 2 nitrogen and oxygen atoms in total. The number of hydrogen-bond donors (Lipinski definition) is 1. The van der Waals surface area contributed by atoms with Crippen LogP contribution in [0.25, 0.3) is 0 Å². The van der Waals surface area contributed by atoms with Gasteiger partial charge in [-0.15, -0.1) is 0 Å². The molecule has 2 N–H and O–H groups in total. The van der Waals surface area contributed by atoms with Gasteiger partial charge in [0, 0.05) is 22.0 Å². The van der Waals surface area contributed by atoms with E-state index in [1.165, 1.54) is 0 Å². The van der Waals surface area contributed by atoms with Gasteiger partial charge in [-0.25, -0.2) is 0 Å². The van der Waals surface area contributed by atoms with Crippen molar-refractivity contribution in [1.29, 1.82) is 0 Å². The van der Waals surface area contributed by atoms with Gasteiger partial charge in [-0.05, 0) is 17.7 Å². The fourth-order valence-corrected chi connectivity index (χ4v) is 1.20. The van der Waals surface area contributed by atoms with E-state index in [0.29, 0.717) is 6.61 Å². The van der Waals surface area contributed by atoms with E-state index in [0.717, 1.165) is 12.8 Å². The molecular weight excluding hydrogens is 194 g/mol. The number of ether oxygens (including phenoxy) is 1. The highest BCUT2D eigenvalue weighted by molar-refractivity contribution is 9.12. The Morgan fingerprint density at radius 2 is 2.30 bits per heavy atom. The van der Waals surface area contributed by atoms with Gasteiger partial charge in [0.05, 0.1) is 6.61 Å². The van der Waals surface area contributed by atoms with Crippen LogP contribution in [0.1, 0.15) is 12.8 Å². The van der Waals surface area contributed by atoms with Crippen LogP contribution in [0.2, 0.25) is 0 Å². The molecule has 10 heavy (non-hydrogen) atoms. The lowest BCUT2D eigenvalue weighted by Crippen LogP contribution is -2.34. The summed E-state index contributed by atoms with van der Waals surface area (Å²) in [7, 11) is 0. The van der Waals surface area contributed by atoms with E-state index in [1.54, 1.807) is 0 Å². The van der Waals surface area contributed by atoms with Gasteiger partial charge in [-0.2, -0.15) is 0 Å². The van der Waals surface area contributed by atoms with Crippen molar-refractivity contribution in [3.05, 3.63) is 0 Å². The van der Waals surface area contributed by atoms with Gasteiger partial charge in [-0.3, -0.25) is 0 Å². The van der Waals surface area contributed by atoms with E-state index < -0.39 is 0 Å². The molecule has 1 rings (SSSR count). The number of halogens is 1. The topological polar surface area (TPSA) is 35.2 Å². The maximum absolute atomic E-state index is 5.61. The van der Waals surface area contributed by atoms with E-state index in [-0.39, 0.29) is 12.1 Å². The van der Waals surface area contributed by atoms with Crippen molar-refractivity contribution in [3.63, 3.8) is 0 Å². The summed E-state index contributed by atoms with van der Waals surface area (Å²) in [5.74, 6) is 2.89. The average molecular weight is 204 g/mol. The van der Waals surface area contributed by atoms with Crippen LogP contribution in [0.15, 0.2) is 0 Å². The number of nitrogens with two attached hydrogens (primary N) is 1. The third kappa shape index (κ3) is 2.30. The lowest BCUT2D eigenvalue weighted by molar-refractivity contribution is 0.0402. The van der Waals surface area contributed by atoms with Crippen LogP contribution in [0.5, 0.6) is 0 Å². The molecule has 1 fully saturated rings. The molecule has 0 aromatic rings. The molecule has 0 spiro atoms. The molecule has 56 valence electrons. The summed E-state index contributed by atoms with van der Waals surface area (Å²) in [4.78, 5) is 2.65. The first-order chi connectivity index (χ1) is 4.83. The summed E-state index contributed by atoms with van der Waals surface area (Å²) < 4.78 is 5.30. The van der Waals surface area contributed by atoms with Gasteiger partial charge in [0.15, 0.2) is 0 Å². The summed E-state index contributed by atoms with van der Waals surface area (Å²) in [6.45, 7) is 0.645. The Balaban J connectivity index is 2.30. The predicted molar refractivity (Wildman–Crippen MR) is 43.7 cm³/mol.